The van der Waals surface area contributed by atoms with Crippen molar-refractivity contribution in [2.45, 2.75) is 6.42 Å². The highest BCUT2D eigenvalue weighted by Gasteiger charge is 2.29. The van der Waals surface area contributed by atoms with Gasteiger partial charge in [-0.25, -0.2) is 4.98 Å². The fourth-order valence-corrected chi connectivity index (χ4v) is 3.50. The maximum atomic E-state index is 12.2. The number of aromatic nitrogens is 1. The second-order valence-corrected chi connectivity index (χ2v) is 6.65. The summed E-state index contributed by atoms with van der Waals surface area (Å²) in [6, 6.07) is 5.69. The molecule has 1 aromatic heterocycles. The number of hydrogen-bond acceptors (Lipinski definition) is 6. The van der Waals surface area contributed by atoms with Crippen molar-refractivity contribution in [3.05, 3.63) is 29.3 Å². The van der Waals surface area contributed by atoms with Crippen molar-refractivity contribution in [3.8, 4) is 22.1 Å². The van der Waals surface area contributed by atoms with E-state index in [9.17, 15) is 4.79 Å². The summed E-state index contributed by atoms with van der Waals surface area (Å²) in [6.07, 6.45) is 0.334. The molecule has 3 rings (SSSR count). The van der Waals surface area contributed by atoms with E-state index in [4.69, 9.17) is 15.2 Å². The molecule has 0 aliphatic carbocycles. The topological polar surface area (TPSA) is 77.7 Å². The maximum Gasteiger partial charge on any atom is 0.228 e. The summed E-state index contributed by atoms with van der Waals surface area (Å²) in [5.74, 6) is 1.91. The molecule has 1 amide bonds. The predicted octanol–water partition coefficient (Wildman–Crippen LogP) is 1.79. The van der Waals surface area contributed by atoms with Crippen molar-refractivity contribution in [3.63, 3.8) is 0 Å². The van der Waals surface area contributed by atoms with E-state index in [-0.39, 0.29) is 5.91 Å². The van der Waals surface area contributed by atoms with Crippen LogP contribution in [0.5, 0.6) is 11.5 Å². The molecule has 0 bridgehead atoms. The summed E-state index contributed by atoms with van der Waals surface area (Å²) in [5.41, 5.74) is 7.34. The molecule has 6 nitrogen and oxygen atoms in total. The molecule has 7 heteroatoms. The largest absolute Gasteiger partial charge is 0.493 e. The van der Waals surface area contributed by atoms with Gasteiger partial charge in [0.2, 0.25) is 5.91 Å². The number of methoxy groups -OCH3 is 2. The van der Waals surface area contributed by atoms with E-state index >= 15 is 0 Å². The Labute approximate surface area is 145 Å². The van der Waals surface area contributed by atoms with E-state index in [1.807, 2.05) is 28.5 Å². The van der Waals surface area contributed by atoms with Gasteiger partial charge in [0.15, 0.2) is 11.5 Å². The lowest BCUT2D eigenvalue weighted by Gasteiger charge is -2.38. The number of amides is 1. The number of nitrogens with two attached hydrogens (primary N) is 1. The first kappa shape index (κ1) is 16.7. The summed E-state index contributed by atoms with van der Waals surface area (Å²) >= 11 is 1.52. The fourth-order valence-electron chi connectivity index (χ4n) is 2.68. The second kappa shape index (κ2) is 7.19. The third-order valence-corrected chi connectivity index (χ3v) is 5.10. The number of thiazole rings is 1. The number of ether oxygens (including phenoxy) is 2. The highest BCUT2D eigenvalue weighted by Crippen LogP contribution is 2.33. The molecule has 2 aromatic rings. The van der Waals surface area contributed by atoms with E-state index in [2.05, 4.69) is 4.98 Å². The molecule has 0 radical (unpaired) electrons. The minimum absolute atomic E-state index is 0.115. The Balaban J connectivity index is 1.68. The lowest BCUT2D eigenvalue weighted by atomic mass is 10.00. The third kappa shape index (κ3) is 3.37. The van der Waals surface area contributed by atoms with Gasteiger partial charge in [-0.05, 0) is 24.7 Å². The average molecular weight is 347 g/mol. The molecule has 1 saturated heterocycles. The molecule has 1 aliphatic rings. The summed E-state index contributed by atoms with van der Waals surface area (Å²) in [5, 5.41) is 2.80. The Bertz CT molecular complexity index is 726. The molecule has 0 saturated carbocycles. The zero-order valence-electron chi connectivity index (χ0n) is 13.8. The van der Waals surface area contributed by atoms with Gasteiger partial charge < -0.3 is 20.1 Å². The first-order chi connectivity index (χ1) is 11.6. The number of rotatable bonds is 6. The van der Waals surface area contributed by atoms with Crippen LogP contribution in [-0.2, 0) is 11.2 Å². The second-order valence-electron chi connectivity index (χ2n) is 5.79. The van der Waals surface area contributed by atoms with Crippen LogP contribution >= 0.6 is 11.3 Å². The van der Waals surface area contributed by atoms with Crippen LogP contribution in [0, 0.1) is 5.92 Å². The summed E-state index contributed by atoms with van der Waals surface area (Å²) in [6.45, 7) is 2.17. The summed E-state index contributed by atoms with van der Waals surface area (Å²) in [4.78, 5) is 18.6. The van der Waals surface area contributed by atoms with Gasteiger partial charge in [0.1, 0.15) is 5.01 Å². The SMILES string of the molecule is COc1ccc(-c2nc(CC(=O)N3CC(CN)C3)cs2)cc1OC. The zero-order valence-corrected chi connectivity index (χ0v) is 14.6. The fraction of sp³-hybridized carbons (Fsp3) is 0.412. The number of hydrogen-bond donors (Lipinski definition) is 1. The molecule has 2 heterocycles. The van der Waals surface area contributed by atoms with E-state index in [1.165, 1.54) is 11.3 Å². The lowest BCUT2D eigenvalue weighted by molar-refractivity contribution is -0.136. The quantitative estimate of drug-likeness (QED) is 0.862. The predicted molar refractivity (Wildman–Crippen MR) is 93.5 cm³/mol. The van der Waals surface area contributed by atoms with Crippen LogP contribution in [0.3, 0.4) is 0 Å². The number of benzene rings is 1. The van der Waals surface area contributed by atoms with E-state index in [0.717, 1.165) is 29.4 Å². The summed E-state index contributed by atoms with van der Waals surface area (Å²) < 4.78 is 10.6. The van der Waals surface area contributed by atoms with E-state index < -0.39 is 0 Å². The molecule has 0 spiro atoms. The Hall–Kier alpha value is -2.12. The normalized spacial score (nSPS) is 14.4. The van der Waals surface area contributed by atoms with Gasteiger partial charge >= 0.3 is 0 Å². The maximum absolute atomic E-state index is 12.2. The molecular formula is C17H21N3O3S. The molecule has 24 heavy (non-hydrogen) atoms. The number of carbonyl (C=O) groups excluding carboxylic acids is 1. The Morgan fingerprint density at radius 1 is 1.33 bits per heavy atom. The van der Waals surface area contributed by atoms with Crippen molar-refractivity contribution >= 4 is 17.2 Å². The van der Waals surface area contributed by atoms with Crippen molar-refractivity contribution in [2.24, 2.45) is 11.7 Å². The van der Waals surface area contributed by atoms with Crippen LogP contribution in [0.1, 0.15) is 5.69 Å². The summed E-state index contributed by atoms with van der Waals surface area (Å²) in [7, 11) is 3.21. The molecule has 0 atom stereocenters. The highest BCUT2D eigenvalue weighted by atomic mass is 32.1. The smallest absolute Gasteiger partial charge is 0.228 e. The van der Waals surface area contributed by atoms with E-state index in [1.54, 1.807) is 14.2 Å². The van der Waals surface area contributed by atoms with Gasteiger partial charge in [0.05, 0.1) is 26.3 Å². The van der Waals surface area contributed by atoms with Gasteiger partial charge in [-0.15, -0.1) is 11.3 Å². The minimum atomic E-state index is 0.115. The van der Waals surface area contributed by atoms with Gasteiger partial charge in [-0.2, -0.15) is 0 Å². The van der Waals surface area contributed by atoms with Crippen molar-refractivity contribution < 1.29 is 14.3 Å². The Kier molecular flexibility index (Phi) is 5.01. The molecular weight excluding hydrogens is 326 g/mol. The lowest BCUT2D eigenvalue weighted by Crippen LogP contribution is -2.53. The van der Waals surface area contributed by atoms with Crippen LogP contribution in [0.25, 0.3) is 10.6 Å². The molecule has 1 aliphatic heterocycles. The van der Waals surface area contributed by atoms with Gasteiger partial charge in [0, 0.05) is 30.0 Å². The molecule has 0 unspecified atom stereocenters. The van der Waals surface area contributed by atoms with Gasteiger partial charge in [0.25, 0.3) is 0 Å². The Morgan fingerprint density at radius 2 is 2.08 bits per heavy atom. The minimum Gasteiger partial charge on any atom is -0.493 e. The highest BCUT2D eigenvalue weighted by molar-refractivity contribution is 7.13. The molecule has 1 fully saturated rings. The average Bonchev–Trinajstić information content (AvgIpc) is 3.01. The van der Waals surface area contributed by atoms with Crippen molar-refractivity contribution in [2.75, 3.05) is 33.9 Å². The van der Waals surface area contributed by atoms with Crippen molar-refractivity contribution in [1.29, 1.82) is 0 Å². The van der Waals surface area contributed by atoms with Crippen LogP contribution in [0.4, 0.5) is 0 Å². The van der Waals surface area contributed by atoms with Crippen LogP contribution in [0.15, 0.2) is 23.6 Å². The first-order valence-electron chi connectivity index (χ1n) is 7.79. The van der Waals surface area contributed by atoms with Crippen LogP contribution in [0.2, 0.25) is 0 Å². The third-order valence-electron chi connectivity index (χ3n) is 4.16. The van der Waals surface area contributed by atoms with Gasteiger partial charge in [-0.3, -0.25) is 4.79 Å². The van der Waals surface area contributed by atoms with Gasteiger partial charge in [-0.1, -0.05) is 0 Å². The monoisotopic (exact) mass is 347 g/mol. The number of nitrogens with zero attached hydrogens (tertiary/aromatic N) is 2. The molecule has 128 valence electrons. The van der Waals surface area contributed by atoms with E-state index in [0.29, 0.717) is 30.4 Å². The van der Waals surface area contributed by atoms with Crippen LogP contribution < -0.4 is 15.2 Å². The molecule has 1 aromatic carbocycles. The molecule has 2 N–H and O–H groups in total. The first-order valence-corrected chi connectivity index (χ1v) is 8.67. The Morgan fingerprint density at radius 3 is 2.75 bits per heavy atom. The standard InChI is InChI=1S/C17H21N3O3S/c1-22-14-4-3-12(5-15(14)23-2)17-19-13(10-24-17)6-16(21)20-8-11(7-18)9-20/h3-5,10-11H,6-9,18H2,1-2H3. The van der Waals surface area contributed by atoms with Crippen molar-refractivity contribution in [1.82, 2.24) is 9.88 Å². The number of likely N-dealkylation sites (tertiary alicyclic amines) is 1. The number of carbonyl (C=O) groups is 1. The zero-order chi connectivity index (χ0) is 17.1. The van der Waals surface area contributed by atoms with Crippen LogP contribution in [-0.4, -0.2) is 49.6 Å².